The number of hydroxylamine groups is 1. The molecule has 1 aromatic rings. The first kappa shape index (κ1) is 14.0. The van der Waals surface area contributed by atoms with Crippen LogP contribution >= 0.6 is 0 Å². The summed E-state index contributed by atoms with van der Waals surface area (Å²) < 4.78 is 0. The van der Waals surface area contributed by atoms with Crippen LogP contribution in [0.3, 0.4) is 0 Å². The molecule has 18 heavy (non-hydrogen) atoms. The predicted octanol–water partition coefficient (Wildman–Crippen LogP) is 1.06. The number of urea groups is 1. The van der Waals surface area contributed by atoms with E-state index in [9.17, 15) is 9.59 Å². The first-order valence-electron chi connectivity index (χ1n) is 5.57. The molecule has 0 aliphatic heterocycles. The van der Waals surface area contributed by atoms with Gasteiger partial charge >= 0.3 is 12.0 Å². The minimum Gasteiger partial charge on any atom is -0.479 e. The Balaban J connectivity index is 2.26. The molecule has 2 amide bonds. The van der Waals surface area contributed by atoms with Crippen LogP contribution in [0.5, 0.6) is 0 Å². The summed E-state index contributed by atoms with van der Waals surface area (Å²) in [5.74, 6) is -1.15. The lowest BCUT2D eigenvalue weighted by molar-refractivity contribution is -0.144. The molecule has 0 atom stereocenters. The van der Waals surface area contributed by atoms with Crippen molar-refractivity contribution < 1.29 is 19.5 Å². The predicted molar refractivity (Wildman–Crippen MR) is 64.8 cm³/mol. The minimum atomic E-state index is -1.15. The molecule has 0 radical (unpaired) electrons. The number of aliphatic carboxylic acids is 1. The van der Waals surface area contributed by atoms with E-state index < -0.39 is 18.6 Å². The second-order valence-corrected chi connectivity index (χ2v) is 3.64. The van der Waals surface area contributed by atoms with E-state index in [1.807, 2.05) is 29.7 Å². The number of benzene rings is 1. The van der Waals surface area contributed by atoms with Crippen LogP contribution in [-0.4, -0.2) is 23.7 Å². The first-order chi connectivity index (χ1) is 8.61. The zero-order valence-electron chi connectivity index (χ0n) is 10.1. The van der Waals surface area contributed by atoms with E-state index >= 15 is 0 Å². The topological polar surface area (TPSA) is 87.7 Å². The van der Waals surface area contributed by atoms with Gasteiger partial charge in [-0.3, -0.25) is 4.84 Å². The molecule has 0 unspecified atom stereocenters. The first-order valence-corrected chi connectivity index (χ1v) is 5.57. The number of carbonyl (C=O) groups excluding carboxylic acids is 1. The number of carboxylic acid groups (broad SMARTS) is 1. The summed E-state index contributed by atoms with van der Waals surface area (Å²) in [7, 11) is 0. The summed E-state index contributed by atoms with van der Waals surface area (Å²) >= 11 is 0. The maximum absolute atomic E-state index is 11.2. The Hall–Kier alpha value is -2.08. The van der Waals surface area contributed by atoms with Gasteiger partial charge in [-0.15, -0.1) is 0 Å². The summed E-state index contributed by atoms with van der Waals surface area (Å²) in [5, 5.41) is 10.8. The van der Waals surface area contributed by atoms with Gasteiger partial charge in [0.05, 0.1) is 0 Å². The summed E-state index contributed by atoms with van der Waals surface area (Å²) in [6, 6.07) is 7.27. The molecule has 6 nitrogen and oxygen atoms in total. The van der Waals surface area contributed by atoms with Gasteiger partial charge in [0.1, 0.15) is 0 Å². The Kier molecular flexibility index (Phi) is 5.66. The second kappa shape index (κ2) is 7.29. The third kappa shape index (κ3) is 5.31. The number of nitrogens with one attached hydrogen (secondary N) is 2. The van der Waals surface area contributed by atoms with Gasteiger partial charge in [0.2, 0.25) is 0 Å². The monoisotopic (exact) mass is 252 g/mol. The van der Waals surface area contributed by atoms with E-state index in [4.69, 9.17) is 5.11 Å². The van der Waals surface area contributed by atoms with Crippen molar-refractivity contribution in [2.45, 2.75) is 19.9 Å². The lowest BCUT2D eigenvalue weighted by atomic mass is 10.1. The molecule has 0 aromatic heterocycles. The molecule has 0 heterocycles. The quantitative estimate of drug-likeness (QED) is 0.661. The summed E-state index contributed by atoms with van der Waals surface area (Å²) in [6.45, 7) is 1.85. The maximum Gasteiger partial charge on any atom is 0.338 e. The van der Waals surface area contributed by atoms with Crippen molar-refractivity contribution in [3.8, 4) is 0 Å². The van der Waals surface area contributed by atoms with E-state index in [1.54, 1.807) is 0 Å². The molecular formula is C12H16N2O4. The van der Waals surface area contributed by atoms with Gasteiger partial charge in [0, 0.05) is 6.54 Å². The van der Waals surface area contributed by atoms with Crippen molar-refractivity contribution in [1.29, 1.82) is 0 Å². The Morgan fingerprint density at radius 3 is 2.39 bits per heavy atom. The molecule has 0 spiro atoms. The zero-order chi connectivity index (χ0) is 13.4. The molecule has 0 bridgehead atoms. The Morgan fingerprint density at radius 1 is 1.22 bits per heavy atom. The molecular weight excluding hydrogens is 236 g/mol. The van der Waals surface area contributed by atoms with E-state index in [0.29, 0.717) is 6.54 Å². The number of rotatable bonds is 6. The highest BCUT2D eigenvalue weighted by molar-refractivity contribution is 5.73. The largest absolute Gasteiger partial charge is 0.479 e. The van der Waals surface area contributed by atoms with Crippen LogP contribution in [0.1, 0.15) is 18.1 Å². The average Bonchev–Trinajstić information content (AvgIpc) is 2.36. The van der Waals surface area contributed by atoms with Crippen molar-refractivity contribution >= 4 is 12.0 Å². The Bertz CT molecular complexity index is 403. The molecule has 98 valence electrons. The van der Waals surface area contributed by atoms with Crippen molar-refractivity contribution in [2.75, 3.05) is 6.61 Å². The number of amides is 2. The third-order valence-corrected chi connectivity index (χ3v) is 2.24. The summed E-state index contributed by atoms with van der Waals surface area (Å²) in [4.78, 5) is 25.7. The average molecular weight is 252 g/mol. The van der Waals surface area contributed by atoms with Crippen LogP contribution in [-0.2, 0) is 22.6 Å². The van der Waals surface area contributed by atoms with Crippen LogP contribution in [0.25, 0.3) is 0 Å². The lowest BCUT2D eigenvalue weighted by Crippen LogP contribution is -2.36. The minimum absolute atomic E-state index is 0.353. The fourth-order valence-electron chi connectivity index (χ4n) is 1.27. The number of hydrogen-bond acceptors (Lipinski definition) is 3. The van der Waals surface area contributed by atoms with Crippen molar-refractivity contribution in [3.05, 3.63) is 35.4 Å². The number of aryl methyl sites for hydroxylation is 1. The molecule has 3 N–H and O–H groups in total. The van der Waals surface area contributed by atoms with Gasteiger partial charge in [0.15, 0.2) is 6.61 Å². The number of carboxylic acids is 1. The van der Waals surface area contributed by atoms with Crippen LogP contribution < -0.4 is 10.8 Å². The standard InChI is InChI=1S/C12H16N2O4/c1-2-9-3-5-10(6-4-9)7-13-12(17)14-18-8-11(15)16/h3-6H,2,7-8H2,1H3,(H,15,16)(H2,13,14,17). The highest BCUT2D eigenvalue weighted by Gasteiger charge is 2.02. The summed E-state index contributed by atoms with van der Waals surface area (Å²) in [5.41, 5.74) is 4.16. The number of carbonyl (C=O) groups is 2. The molecule has 0 aliphatic rings. The lowest BCUT2D eigenvalue weighted by Gasteiger charge is -2.07. The van der Waals surface area contributed by atoms with Crippen molar-refractivity contribution in [1.82, 2.24) is 10.8 Å². The van der Waals surface area contributed by atoms with Crippen molar-refractivity contribution in [2.24, 2.45) is 0 Å². The SMILES string of the molecule is CCc1ccc(CNC(=O)NOCC(=O)O)cc1. The van der Waals surface area contributed by atoms with Crippen LogP contribution in [0.15, 0.2) is 24.3 Å². The molecule has 0 fully saturated rings. The van der Waals surface area contributed by atoms with E-state index in [1.165, 1.54) is 5.56 Å². The van der Waals surface area contributed by atoms with Crippen LogP contribution in [0, 0.1) is 0 Å². The van der Waals surface area contributed by atoms with Gasteiger partial charge in [-0.05, 0) is 17.5 Å². The van der Waals surface area contributed by atoms with Gasteiger partial charge in [-0.1, -0.05) is 31.2 Å². The zero-order valence-corrected chi connectivity index (χ0v) is 10.1. The van der Waals surface area contributed by atoms with Gasteiger partial charge in [-0.2, -0.15) is 0 Å². The maximum atomic E-state index is 11.2. The van der Waals surface area contributed by atoms with Crippen LogP contribution in [0.4, 0.5) is 4.79 Å². The summed E-state index contributed by atoms with van der Waals surface area (Å²) in [6.07, 6.45) is 0.969. The fraction of sp³-hybridized carbons (Fsp3) is 0.333. The highest BCUT2D eigenvalue weighted by atomic mass is 16.7. The molecule has 1 rings (SSSR count). The van der Waals surface area contributed by atoms with E-state index in [0.717, 1.165) is 12.0 Å². The van der Waals surface area contributed by atoms with E-state index in [-0.39, 0.29) is 0 Å². The molecule has 6 heteroatoms. The molecule has 0 aliphatic carbocycles. The second-order valence-electron chi connectivity index (χ2n) is 3.64. The smallest absolute Gasteiger partial charge is 0.338 e. The number of hydrogen-bond donors (Lipinski definition) is 3. The van der Waals surface area contributed by atoms with E-state index in [2.05, 4.69) is 17.1 Å². The Morgan fingerprint density at radius 2 is 1.83 bits per heavy atom. The van der Waals surface area contributed by atoms with Gasteiger partial charge < -0.3 is 10.4 Å². The molecule has 0 saturated heterocycles. The highest BCUT2D eigenvalue weighted by Crippen LogP contribution is 2.04. The van der Waals surface area contributed by atoms with Gasteiger partial charge in [-0.25, -0.2) is 15.1 Å². The molecule has 0 saturated carbocycles. The third-order valence-electron chi connectivity index (χ3n) is 2.24. The Labute approximate surface area is 105 Å². The van der Waals surface area contributed by atoms with Gasteiger partial charge in [0.25, 0.3) is 0 Å². The van der Waals surface area contributed by atoms with Crippen molar-refractivity contribution in [3.63, 3.8) is 0 Å². The normalized spacial score (nSPS) is 9.83. The fourth-order valence-corrected chi connectivity index (χ4v) is 1.27. The van der Waals surface area contributed by atoms with Crippen LogP contribution in [0.2, 0.25) is 0 Å². The molecule has 1 aromatic carbocycles.